The first-order valence-electron chi connectivity index (χ1n) is 6.43. The van der Waals surface area contributed by atoms with Gasteiger partial charge in [0.15, 0.2) is 0 Å². The summed E-state index contributed by atoms with van der Waals surface area (Å²) >= 11 is 0. The molecule has 0 aliphatic rings. The molecule has 1 rings (SSSR count). The molecule has 0 fully saturated rings. The van der Waals surface area contributed by atoms with Gasteiger partial charge in [-0.2, -0.15) is 0 Å². The number of hydrogen-bond donors (Lipinski definition) is 2. The smallest absolute Gasteiger partial charge is 0.408 e. The number of esters is 1. The van der Waals surface area contributed by atoms with Crippen molar-refractivity contribution in [3.8, 4) is 0 Å². The lowest BCUT2D eigenvalue weighted by atomic mass is 10.2. The summed E-state index contributed by atoms with van der Waals surface area (Å²) in [5.74, 6) is -0.715. The minimum absolute atomic E-state index is 0.0605. The van der Waals surface area contributed by atoms with E-state index < -0.39 is 24.2 Å². The largest absolute Gasteiger partial charge is 0.467 e. The minimum Gasteiger partial charge on any atom is -0.467 e. The van der Waals surface area contributed by atoms with Crippen molar-refractivity contribution in [1.29, 1.82) is 0 Å². The Bertz CT molecular complexity index is 505. The van der Waals surface area contributed by atoms with Crippen LogP contribution in [0.4, 0.5) is 9.59 Å². The van der Waals surface area contributed by atoms with Crippen molar-refractivity contribution in [2.75, 3.05) is 20.8 Å². The van der Waals surface area contributed by atoms with E-state index in [1.807, 2.05) is 18.2 Å². The third-order valence-corrected chi connectivity index (χ3v) is 2.63. The highest BCUT2D eigenvalue weighted by Gasteiger charge is 2.23. The molecule has 120 valence electrons. The molecule has 0 spiro atoms. The molecule has 1 aromatic carbocycles. The van der Waals surface area contributed by atoms with Gasteiger partial charge in [0.25, 0.3) is 0 Å². The van der Waals surface area contributed by atoms with Gasteiger partial charge in [-0.15, -0.1) is 0 Å². The molecular weight excluding hydrogens is 292 g/mol. The second-order valence-electron chi connectivity index (χ2n) is 4.15. The average Bonchev–Trinajstić information content (AvgIpc) is 2.56. The van der Waals surface area contributed by atoms with Crippen LogP contribution in [0.1, 0.15) is 5.56 Å². The van der Waals surface area contributed by atoms with Gasteiger partial charge in [-0.3, -0.25) is 0 Å². The number of nitrogens with one attached hydrogen (secondary N) is 2. The van der Waals surface area contributed by atoms with E-state index in [1.54, 1.807) is 12.1 Å². The molecule has 2 amide bonds. The molecule has 0 saturated carbocycles. The highest BCUT2D eigenvalue weighted by atomic mass is 16.6. The maximum Gasteiger partial charge on any atom is 0.408 e. The van der Waals surface area contributed by atoms with Crippen LogP contribution in [0.5, 0.6) is 0 Å². The van der Waals surface area contributed by atoms with E-state index in [4.69, 9.17) is 4.74 Å². The van der Waals surface area contributed by atoms with Crippen molar-refractivity contribution in [2.45, 2.75) is 12.6 Å². The van der Waals surface area contributed by atoms with Gasteiger partial charge in [0.05, 0.1) is 20.8 Å². The molecule has 22 heavy (non-hydrogen) atoms. The van der Waals surface area contributed by atoms with E-state index >= 15 is 0 Å². The number of ether oxygens (including phenoxy) is 3. The van der Waals surface area contributed by atoms with Crippen molar-refractivity contribution in [3.63, 3.8) is 0 Å². The van der Waals surface area contributed by atoms with E-state index in [0.717, 1.165) is 5.56 Å². The molecule has 0 aromatic heterocycles. The lowest BCUT2D eigenvalue weighted by molar-refractivity contribution is -0.142. The lowest BCUT2D eigenvalue weighted by Gasteiger charge is -2.16. The molecular formula is C14H18N2O6. The maximum absolute atomic E-state index is 11.7. The highest BCUT2D eigenvalue weighted by Crippen LogP contribution is 2.01. The Hall–Kier alpha value is -2.77. The fourth-order valence-electron chi connectivity index (χ4n) is 1.50. The van der Waals surface area contributed by atoms with Gasteiger partial charge in [0.2, 0.25) is 0 Å². The van der Waals surface area contributed by atoms with Crippen LogP contribution in [0.15, 0.2) is 30.3 Å². The van der Waals surface area contributed by atoms with Crippen LogP contribution in [0.2, 0.25) is 0 Å². The van der Waals surface area contributed by atoms with Gasteiger partial charge in [-0.1, -0.05) is 30.3 Å². The summed E-state index contributed by atoms with van der Waals surface area (Å²) < 4.78 is 13.9. The van der Waals surface area contributed by atoms with Crippen molar-refractivity contribution in [1.82, 2.24) is 10.6 Å². The van der Waals surface area contributed by atoms with E-state index in [1.165, 1.54) is 14.2 Å². The van der Waals surface area contributed by atoms with Crippen LogP contribution in [0, 0.1) is 0 Å². The Morgan fingerprint density at radius 1 is 1.05 bits per heavy atom. The second-order valence-corrected chi connectivity index (χ2v) is 4.15. The fraction of sp³-hybridized carbons (Fsp3) is 0.357. The number of carbonyl (C=O) groups excluding carboxylic acids is 3. The van der Waals surface area contributed by atoms with Gasteiger partial charge in [0, 0.05) is 0 Å². The van der Waals surface area contributed by atoms with Crippen molar-refractivity contribution >= 4 is 18.2 Å². The van der Waals surface area contributed by atoms with Crippen LogP contribution < -0.4 is 10.6 Å². The Labute approximate surface area is 127 Å². The summed E-state index contributed by atoms with van der Waals surface area (Å²) in [7, 11) is 2.36. The molecule has 0 bridgehead atoms. The maximum atomic E-state index is 11.7. The predicted octanol–water partition coefficient (Wildman–Crippen LogP) is 0.810. The first-order valence-corrected chi connectivity index (χ1v) is 6.43. The molecule has 0 aliphatic carbocycles. The Balaban J connectivity index is 2.48. The molecule has 1 aromatic rings. The molecule has 2 N–H and O–H groups in total. The summed E-state index contributed by atoms with van der Waals surface area (Å²) in [6, 6.07) is 7.98. The third-order valence-electron chi connectivity index (χ3n) is 2.63. The molecule has 0 aliphatic heterocycles. The summed E-state index contributed by atoms with van der Waals surface area (Å²) in [5, 5.41) is 4.61. The molecule has 0 saturated heterocycles. The number of amides is 2. The molecule has 1 atom stereocenters. The average molecular weight is 310 g/mol. The normalized spacial score (nSPS) is 11.0. The summed E-state index contributed by atoms with van der Waals surface area (Å²) in [4.78, 5) is 34.2. The van der Waals surface area contributed by atoms with Crippen LogP contribution >= 0.6 is 0 Å². The van der Waals surface area contributed by atoms with E-state index in [2.05, 4.69) is 20.1 Å². The summed E-state index contributed by atoms with van der Waals surface area (Å²) in [6.45, 7) is -0.120. The Morgan fingerprint density at radius 3 is 2.32 bits per heavy atom. The quantitative estimate of drug-likeness (QED) is 0.595. The van der Waals surface area contributed by atoms with Crippen molar-refractivity contribution in [3.05, 3.63) is 35.9 Å². The first-order chi connectivity index (χ1) is 10.6. The summed E-state index contributed by atoms with van der Waals surface area (Å²) in [5.41, 5.74) is 0.806. The molecule has 0 heterocycles. The highest BCUT2D eigenvalue weighted by molar-refractivity contribution is 5.82. The van der Waals surface area contributed by atoms with Crippen molar-refractivity contribution < 1.29 is 28.6 Å². The van der Waals surface area contributed by atoms with Gasteiger partial charge in [0.1, 0.15) is 12.6 Å². The standard InChI is InChI=1S/C14H18N2O6/c1-20-12(17)11(8-15-13(18)21-2)16-14(19)22-9-10-6-4-3-5-7-10/h3-7,11H,8-9H2,1-2H3,(H,15,18)(H,16,19)/t11-/m0/s1. The zero-order valence-corrected chi connectivity index (χ0v) is 12.3. The number of alkyl carbamates (subject to hydrolysis) is 2. The second kappa shape index (κ2) is 9.22. The number of hydrogen-bond acceptors (Lipinski definition) is 6. The van der Waals surface area contributed by atoms with Gasteiger partial charge >= 0.3 is 18.2 Å². The van der Waals surface area contributed by atoms with Crippen LogP contribution in [0.3, 0.4) is 0 Å². The fourth-order valence-corrected chi connectivity index (χ4v) is 1.50. The van der Waals surface area contributed by atoms with Gasteiger partial charge < -0.3 is 24.8 Å². The van der Waals surface area contributed by atoms with E-state index in [-0.39, 0.29) is 13.2 Å². The SMILES string of the molecule is COC(=O)NC[C@H](NC(=O)OCc1ccccc1)C(=O)OC. The number of carbonyl (C=O) groups is 3. The van der Waals surface area contributed by atoms with Crippen LogP contribution in [-0.4, -0.2) is 45.0 Å². The molecule has 8 heteroatoms. The number of benzene rings is 1. The molecule has 0 radical (unpaired) electrons. The Morgan fingerprint density at radius 2 is 1.73 bits per heavy atom. The van der Waals surface area contributed by atoms with E-state index in [9.17, 15) is 14.4 Å². The monoisotopic (exact) mass is 310 g/mol. The lowest BCUT2D eigenvalue weighted by Crippen LogP contribution is -2.49. The molecule has 8 nitrogen and oxygen atoms in total. The van der Waals surface area contributed by atoms with Gasteiger partial charge in [-0.25, -0.2) is 14.4 Å². The topological polar surface area (TPSA) is 103 Å². The van der Waals surface area contributed by atoms with E-state index in [0.29, 0.717) is 0 Å². The van der Waals surface area contributed by atoms with Crippen molar-refractivity contribution in [2.24, 2.45) is 0 Å². The zero-order chi connectivity index (χ0) is 16.4. The van der Waals surface area contributed by atoms with Gasteiger partial charge in [-0.05, 0) is 5.56 Å². The Kier molecular flexibility index (Phi) is 7.24. The number of rotatable bonds is 6. The first kappa shape index (κ1) is 17.3. The molecule has 0 unspecified atom stereocenters. The predicted molar refractivity (Wildman–Crippen MR) is 76.0 cm³/mol. The third kappa shape index (κ3) is 6.12. The van der Waals surface area contributed by atoms with Crippen LogP contribution in [-0.2, 0) is 25.6 Å². The van der Waals surface area contributed by atoms with Crippen LogP contribution in [0.25, 0.3) is 0 Å². The minimum atomic E-state index is -1.08. The number of methoxy groups -OCH3 is 2. The summed E-state index contributed by atoms with van der Waals surface area (Å²) in [6.07, 6.45) is -1.53. The zero-order valence-electron chi connectivity index (χ0n) is 12.3.